The number of benzene rings is 2. The van der Waals surface area contributed by atoms with Crippen LogP contribution in [0, 0.1) is 13.8 Å². The van der Waals surface area contributed by atoms with Crippen LogP contribution in [0.5, 0.6) is 0 Å². The summed E-state index contributed by atoms with van der Waals surface area (Å²) in [5.41, 5.74) is 2.22. The fourth-order valence-corrected chi connectivity index (χ4v) is 3.40. The van der Waals surface area contributed by atoms with Crippen LogP contribution < -0.4 is 4.83 Å². The molecule has 0 aliphatic carbocycles. The maximum absolute atomic E-state index is 12.2. The Morgan fingerprint density at radius 3 is 2.45 bits per heavy atom. The summed E-state index contributed by atoms with van der Waals surface area (Å²) in [7, 11) is -3.72. The fraction of sp³-hybridized carbons (Fsp3) is 0.133. The third-order valence-corrected chi connectivity index (χ3v) is 4.90. The van der Waals surface area contributed by atoms with Gasteiger partial charge in [-0.1, -0.05) is 47.0 Å². The number of nitrogens with zero attached hydrogens (tertiary/aromatic N) is 1. The zero-order valence-electron chi connectivity index (χ0n) is 12.0. The number of aryl methyl sites for hydroxylation is 2. The quantitative estimate of drug-likeness (QED) is 0.666. The first-order chi connectivity index (χ1) is 10.3. The summed E-state index contributed by atoms with van der Waals surface area (Å²) in [6.07, 6.45) is 1.33. The first-order valence-corrected chi connectivity index (χ1v) is 8.61. The SMILES string of the molecule is Cc1ccc(S(=O)(=O)N/N=C/c2ccc(Cl)cc2Cl)c(C)c1. The van der Waals surface area contributed by atoms with Crippen molar-refractivity contribution in [2.75, 3.05) is 0 Å². The first-order valence-electron chi connectivity index (χ1n) is 6.37. The molecule has 0 unspecified atom stereocenters. The average molecular weight is 357 g/mol. The molecule has 1 N–H and O–H groups in total. The Hall–Kier alpha value is -1.56. The highest BCUT2D eigenvalue weighted by Crippen LogP contribution is 2.20. The molecule has 0 fully saturated rings. The molecule has 2 aromatic carbocycles. The van der Waals surface area contributed by atoms with Crippen LogP contribution in [-0.4, -0.2) is 14.6 Å². The Bertz CT molecular complexity index is 833. The minimum absolute atomic E-state index is 0.192. The van der Waals surface area contributed by atoms with Crippen LogP contribution in [-0.2, 0) is 10.0 Å². The molecule has 0 heterocycles. The third-order valence-electron chi connectivity index (χ3n) is 2.96. The molecule has 0 spiro atoms. The zero-order chi connectivity index (χ0) is 16.3. The number of hydrazone groups is 1. The zero-order valence-corrected chi connectivity index (χ0v) is 14.3. The lowest BCUT2D eigenvalue weighted by atomic mass is 10.2. The lowest BCUT2D eigenvalue weighted by Crippen LogP contribution is -2.19. The Morgan fingerprint density at radius 2 is 1.82 bits per heavy atom. The van der Waals surface area contributed by atoms with Gasteiger partial charge in [-0.05, 0) is 37.6 Å². The van der Waals surface area contributed by atoms with Crippen molar-refractivity contribution >= 4 is 39.4 Å². The standard InChI is InChI=1S/C15H14Cl2N2O2S/c1-10-3-6-15(11(2)7-10)22(20,21)19-18-9-12-4-5-13(16)8-14(12)17/h3-9,19H,1-2H3/b18-9+. The topological polar surface area (TPSA) is 58.5 Å². The van der Waals surface area contributed by atoms with E-state index >= 15 is 0 Å². The molecule has 7 heteroatoms. The van der Waals surface area contributed by atoms with Crippen LogP contribution in [0.3, 0.4) is 0 Å². The number of nitrogens with one attached hydrogen (secondary N) is 1. The monoisotopic (exact) mass is 356 g/mol. The lowest BCUT2D eigenvalue weighted by Gasteiger charge is -2.07. The highest BCUT2D eigenvalue weighted by Gasteiger charge is 2.15. The van der Waals surface area contributed by atoms with Crippen LogP contribution >= 0.6 is 23.2 Å². The van der Waals surface area contributed by atoms with Crippen LogP contribution in [0.4, 0.5) is 0 Å². The van der Waals surface area contributed by atoms with Gasteiger partial charge in [-0.2, -0.15) is 13.5 Å². The number of hydrogen-bond donors (Lipinski definition) is 1. The van der Waals surface area contributed by atoms with Gasteiger partial charge in [0.15, 0.2) is 0 Å². The van der Waals surface area contributed by atoms with E-state index in [1.165, 1.54) is 6.21 Å². The number of rotatable bonds is 4. The molecule has 2 aromatic rings. The lowest BCUT2D eigenvalue weighted by molar-refractivity contribution is 0.584. The predicted molar refractivity (Wildman–Crippen MR) is 90.3 cm³/mol. The van der Waals surface area contributed by atoms with Crippen molar-refractivity contribution in [3.63, 3.8) is 0 Å². The normalized spacial score (nSPS) is 11.8. The summed E-state index contributed by atoms with van der Waals surface area (Å²) in [6, 6.07) is 9.95. The van der Waals surface area contributed by atoms with Gasteiger partial charge in [0.1, 0.15) is 0 Å². The summed E-state index contributed by atoms with van der Waals surface area (Å²) >= 11 is 11.8. The van der Waals surface area contributed by atoms with Crippen molar-refractivity contribution in [1.29, 1.82) is 0 Å². The van der Waals surface area contributed by atoms with Crippen LogP contribution in [0.15, 0.2) is 46.4 Å². The maximum Gasteiger partial charge on any atom is 0.276 e. The molecule has 0 aromatic heterocycles. The van der Waals surface area contributed by atoms with Gasteiger partial charge in [-0.3, -0.25) is 0 Å². The average Bonchev–Trinajstić information content (AvgIpc) is 2.40. The second-order valence-electron chi connectivity index (χ2n) is 4.79. The van der Waals surface area contributed by atoms with Crippen molar-refractivity contribution < 1.29 is 8.42 Å². The van der Waals surface area contributed by atoms with Crippen molar-refractivity contribution in [3.8, 4) is 0 Å². The smallest absolute Gasteiger partial charge is 0.200 e. The first kappa shape index (κ1) is 16.8. The molecular weight excluding hydrogens is 343 g/mol. The van der Waals surface area contributed by atoms with Crippen molar-refractivity contribution in [3.05, 3.63) is 63.1 Å². The summed E-state index contributed by atoms with van der Waals surface area (Å²) < 4.78 is 24.4. The van der Waals surface area contributed by atoms with E-state index in [4.69, 9.17) is 23.2 Å². The van der Waals surface area contributed by atoms with E-state index in [9.17, 15) is 8.42 Å². The van der Waals surface area contributed by atoms with Crippen molar-refractivity contribution in [2.24, 2.45) is 5.10 Å². The summed E-state index contributed by atoms with van der Waals surface area (Å²) in [5.74, 6) is 0. The third kappa shape index (κ3) is 4.00. The summed E-state index contributed by atoms with van der Waals surface area (Å²) in [5, 5.41) is 4.64. The van der Waals surface area contributed by atoms with Crippen LogP contribution in [0.2, 0.25) is 10.0 Å². The highest BCUT2D eigenvalue weighted by molar-refractivity contribution is 7.89. The summed E-state index contributed by atoms with van der Waals surface area (Å²) in [6.45, 7) is 3.64. The van der Waals surface area contributed by atoms with E-state index in [0.717, 1.165) is 5.56 Å². The number of sulfonamides is 1. The van der Waals surface area contributed by atoms with E-state index in [2.05, 4.69) is 9.93 Å². The van der Waals surface area contributed by atoms with Gasteiger partial charge < -0.3 is 0 Å². The van der Waals surface area contributed by atoms with Crippen LogP contribution in [0.25, 0.3) is 0 Å². The molecule has 0 aliphatic heterocycles. The molecule has 0 amide bonds. The minimum Gasteiger partial charge on any atom is -0.200 e. The van der Waals surface area contributed by atoms with Gasteiger partial charge in [0.25, 0.3) is 10.0 Å². The van der Waals surface area contributed by atoms with E-state index in [1.54, 1.807) is 43.3 Å². The van der Waals surface area contributed by atoms with Gasteiger partial charge in [-0.15, -0.1) is 0 Å². The van der Waals surface area contributed by atoms with Crippen molar-refractivity contribution in [1.82, 2.24) is 4.83 Å². The Kier molecular flexibility index (Phi) is 5.11. The molecule has 0 saturated heterocycles. The van der Waals surface area contributed by atoms with E-state index in [1.807, 2.05) is 6.92 Å². The van der Waals surface area contributed by atoms with Gasteiger partial charge >= 0.3 is 0 Å². The molecule has 22 heavy (non-hydrogen) atoms. The van der Waals surface area contributed by atoms with Crippen LogP contribution in [0.1, 0.15) is 16.7 Å². The molecule has 4 nitrogen and oxygen atoms in total. The van der Waals surface area contributed by atoms with Gasteiger partial charge in [0.2, 0.25) is 0 Å². The van der Waals surface area contributed by atoms with Gasteiger partial charge in [0.05, 0.1) is 16.1 Å². The molecule has 116 valence electrons. The second-order valence-corrected chi connectivity index (χ2v) is 7.26. The highest BCUT2D eigenvalue weighted by atomic mass is 35.5. The minimum atomic E-state index is -3.72. The molecule has 2 rings (SSSR count). The predicted octanol–water partition coefficient (Wildman–Crippen LogP) is 3.92. The Morgan fingerprint density at radius 1 is 1.09 bits per heavy atom. The molecule has 0 radical (unpaired) electrons. The van der Waals surface area contributed by atoms with Crippen molar-refractivity contribution in [2.45, 2.75) is 18.7 Å². The van der Waals surface area contributed by atoms with Gasteiger partial charge in [-0.25, -0.2) is 4.83 Å². The molecule has 0 saturated carbocycles. The molecule has 0 aliphatic rings. The molecule has 0 bridgehead atoms. The largest absolute Gasteiger partial charge is 0.276 e. The second kappa shape index (κ2) is 6.69. The van der Waals surface area contributed by atoms with E-state index in [-0.39, 0.29) is 4.90 Å². The number of hydrogen-bond acceptors (Lipinski definition) is 3. The molecular formula is C15H14Cl2N2O2S. The summed E-state index contributed by atoms with van der Waals surface area (Å²) in [4.78, 5) is 2.37. The van der Waals surface area contributed by atoms with Gasteiger partial charge in [0, 0.05) is 10.6 Å². The fourth-order valence-electron chi connectivity index (χ4n) is 1.92. The van der Waals surface area contributed by atoms with E-state index in [0.29, 0.717) is 21.2 Å². The maximum atomic E-state index is 12.2. The Labute approximate surface area is 139 Å². The number of halogens is 2. The Balaban J connectivity index is 2.20. The van der Waals surface area contributed by atoms with E-state index < -0.39 is 10.0 Å². The molecule has 0 atom stereocenters.